The van der Waals surface area contributed by atoms with Crippen molar-refractivity contribution in [3.8, 4) is 11.1 Å². The summed E-state index contributed by atoms with van der Waals surface area (Å²) in [5, 5.41) is 3.17. The fourth-order valence-electron chi connectivity index (χ4n) is 4.68. The van der Waals surface area contributed by atoms with Crippen LogP contribution in [-0.2, 0) is 0 Å². The summed E-state index contributed by atoms with van der Waals surface area (Å²) >= 11 is 0. The summed E-state index contributed by atoms with van der Waals surface area (Å²) in [6.07, 6.45) is 3.86. The van der Waals surface area contributed by atoms with Crippen molar-refractivity contribution in [3.63, 3.8) is 0 Å². The van der Waals surface area contributed by atoms with Crippen LogP contribution in [0.3, 0.4) is 0 Å². The number of piperidine rings is 3. The van der Waals surface area contributed by atoms with Crippen LogP contribution in [0.25, 0.3) is 11.1 Å². The minimum atomic E-state index is 0.0410. The van der Waals surface area contributed by atoms with Gasteiger partial charge in [0.15, 0.2) is 0 Å². The van der Waals surface area contributed by atoms with Crippen LogP contribution in [0.2, 0.25) is 0 Å². The molecule has 2 aromatic carbocycles. The van der Waals surface area contributed by atoms with E-state index in [1.165, 1.54) is 37.9 Å². The Bertz CT molecular complexity index is 741. The molecule has 3 saturated heterocycles. The van der Waals surface area contributed by atoms with Crippen LogP contribution >= 0.6 is 0 Å². The normalized spacial score (nSPS) is 27.3. The third-order valence-corrected chi connectivity index (χ3v) is 6.29. The van der Waals surface area contributed by atoms with E-state index in [0.29, 0.717) is 6.04 Å². The van der Waals surface area contributed by atoms with Crippen LogP contribution in [-0.4, -0.2) is 36.5 Å². The molecule has 0 radical (unpaired) electrons. The van der Waals surface area contributed by atoms with E-state index in [1.54, 1.807) is 0 Å². The molecule has 4 atom stereocenters. The Labute approximate surface area is 156 Å². The molecule has 1 amide bonds. The molecule has 3 heterocycles. The van der Waals surface area contributed by atoms with Crippen LogP contribution in [0, 0.1) is 11.8 Å². The summed E-state index contributed by atoms with van der Waals surface area (Å²) in [5.41, 5.74) is 3.06. The van der Waals surface area contributed by atoms with E-state index in [9.17, 15) is 4.79 Å². The zero-order valence-corrected chi connectivity index (χ0v) is 15.5. The van der Waals surface area contributed by atoms with E-state index in [4.69, 9.17) is 0 Å². The molecular weight excluding hydrogens is 320 g/mol. The van der Waals surface area contributed by atoms with E-state index in [-0.39, 0.29) is 5.91 Å². The van der Waals surface area contributed by atoms with Crippen molar-refractivity contribution in [1.29, 1.82) is 0 Å². The van der Waals surface area contributed by atoms with Crippen LogP contribution in [0.5, 0.6) is 0 Å². The zero-order chi connectivity index (χ0) is 17.9. The Kier molecular flexibility index (Phi) is 5.07. The number of carbonyl (C=O) groups excluding carboxylic acids is 1. The number of amides is 1. The maximum absolute atomic E-state index is 12.5. The number of nitrogens with one attached hydrogen (secondary N) is 1. The van der Waals surface area contributed by atoms with Crippen molar-refractivity contribution in [2.24, 2.45) is 11.8 Å². The minimum absolute atomic E-state index is 0.0410. The molecule has 136 valence electrons. The monoisotopic (exact) mass is 348 g/mol. The molecule has 1 unspecified atom stereocenters. The van der Waals surface area contributed by atoms with Crippen LogP contribution in [0.1, 0.15) is 36.5 Å². The zero-order valence-electron chi connectivity index (χ0n) is 15.5. The van der Waals surface area contributed by atoms with Crippen molar-refractivity contribution >= 4 is 5.91 Å². The second-order valence-electron chi connectivity index (χ2n) is 7.75. The Hall–Kier alpha value is -2.13. The highest BCUT2D eigenvalue weighted by molar-refractivity contribution is 5.94. The summed E-state index contributed by atoms with van der Waals surface area (Å²) in [7, 11) is 0. The fraction of sp³-hybridized carbons (Fsp3) is 0.435. The highest BCUT2D eigenvalue weighted by Crippen LogP contribution is 2.37. The van der Waals surface area contributed by atoms with E-state index in [0.717, 1.165) is 29.5 Å². The third kappa shape index (κ3) is 3.54. The van der Waals surface area contributed by atoms with Gasteiger partial charge in [-0.1, -0.05) is 55.8 Å². The summed E-state index contributed by atoms with van der Waals surface area (Å²) in [6, 6.07) is 18.7. The van der Waals surface area contributed by atoms with Crippen molar-refractivity contribution in [3.05, 3.63) is 60.2 Å². The molecule has 1 N–H and O–H groups in total. The van der Waals surface area contributed by atoms with E-state index in [1.807, 2.05) is 42.5 Å². The SMILES string of the molecule is CC[C@H]1CN2CC[C@H]1C[C@@H]2CNC(=O)c1ccc(-c2ccccc2)cc1. The standard InChI is InChI=1S/C23H28N2O/c1-2-17-16-25-13-12-21(17)14-22(25)15-24-23(26)20-10-8-19(9-11-20)18-6-4-3-5-7-18/h3-11,17,21-22H,2,12-16H2,1H3,(H,24,26)/t17-,21-,22+/m0/s1. The largest absolute Gasteiger partial charge is 0.350 e. The molecule has 26 heavy (non-hydrogen) atoms. The van der Waals surface area contributed by atoms with E-state index >= 15 is 0 Å². The lowest BCUT2D eigenvalue weighted by Gasteiger charge is -2.50. The Morgan fingerprint density at radius 3 is 2.46 bits per heavy atom. The molecular formula is C23H28N2O. The van der Waals surface area contributed by atoms with Gasteiger partial charge < -0.3 is 5.32 Å². The van der Waals surface area contributed by atoms with Crippen molar-refractivity contribution in [1.82, 2.24) is 10.2 Å². The second-order valence-corrected chi connectivity index (χ2v) is 7.75. The Balaban J connectivity index is 1.34. The van der Waals surface area contributed by atoms with Gasteiger partial charge in [0.05, 0.1) is 0 Å². The topological polar surface area (TPSA) is 32.3 Å². The Morgan fingerprint density at radius 1 is 1.08 bits per heavy atom. The van der Waals surface area contributed by atoms with Gasteiger partial charge in [-0.3, -0.25) is 9.69 Å². The first-order valence-corrected chi connectivity index (χ1v) is 9.92. The quantitative estimate of drug-likeness (QED) is 0.878. The molecule has 3 fully saturated rings. The number of fused-ring (bicyclic) bond motifs is 3. The van der Waals surface area contributed by atoms with E-state index in [2.05, 4.69) is 29.3 Å². The predicted molar refractivity (Wildman–Crippen MR) is 106 cm³/mol. The minimum Gasteiger partial charge on any atom is -0.350 e. The summed E-state index contributed by atoms with van der Waals surface area (Å²) in [6.45, 7) is 5.50. The molecule has 0 aromatic heterocycles. The molecule has 3 heteroatoms. The molecule has 0 saturated carbocycles. The summed E-state index contributed by atoms with van der Waals surface area (Å²) in [5.74, 6) is 1.76. The van der Waals surface area contributed by atoms with Crippen molar-refractivity contribution in [2.45, 2.75) is 32.2 Å². The first-order chi connectivity index (χ1) is 12.7. The molecule has 0 spiro atoms. The third-order valence-electron chi connectivity index (χ3n) is 6.29. The van der Waals surface area contributed by atoms with Gasteiger partial charge in [-0.2, -0.15) is 0 Å². The van der Waals surface area contributed by atoms with Gasteiger partial charge in [-0.15, -0.1) is 0 Å². The van der Waals surface area contributed by atoms with Gasteiger partial charge in [-0.05, 0) is 54.5 Å². The Morgan fingerprint density at radius 2 is 1.81 bits per heavy atom. The number of carbonyl (C=O) groups is 1. The number of hydrogen-bond donors (Lipinski definition) is 1. The smallest absolute Gasteiger partial charge is 0.251 e. The molecule has 2 aromatic rings. The second kappa shape index (κ2) is 7.63. The van der Waals surface area contributed by atoms with Crippen LogP contribution in [0.15, 0.2) is 54.6 Å². The number of hydrogen-bond acceptors (Lipinski definition) is 2. The van der Waals surface area contributed by atoms with Gasteiger partial charge in [0.2, 0.25) is 0 Å². The maximum Gasteiger partial charge on any atom is 0.251 e. The van der Waals surface area contributed by atoms with Gasteiger partial charge in [-0.25, -0.2) is 0 Å². The highest BCUT2D eigenvalue weighted by Gasteiger charge is 2.38. The number of benzene rings is 2. The molecule has 0 aliphatic carbocycles. The number of rotatable bonds is 5. The van der Waals surface area contributed by atoms with Crippen molar-refractivity contribution < 1.29 is 4.79 Å². The summed E-state index contributed by atoms with van der Waals surface area (Å²) in [4.78, 5) is 15.1. The van der Waals surface area contributed by atoms with Crippen molar-refractivity contribution in [2.75, 3.05) is 19.6 Å². The first-order valence-electron chi connectivity index (χ1n) is 9.92. The molecule has 5 rings (SSSR count). The van der Waals surface area contributed by atoms with Crippen LogP contribution in [0.4, 0.5) is 0 Å². The van der Waals surface area contributed by atoms with Crippen LogP contribution < -0.4 is 5.32 Å². The molecule has 3 aliphatic rings. The van der Waals surface area contributed by atoms with Gasteiger partial charge >= 0.3 is 0 Å². The molecule has 3 nitrogen and oxygen atoms in total. The molecule has 2 bridgehead atoms. The highest BCUT2D eigenvalue weighted by atomic mass is 16.1. The van der Waals surface area contributed by atoms with Gasteiger partial charge in [0.25, 0.3) is 5.91 Å². The fourth-order valence-corrected chi connectivity index (χ4v) is 4.68. The lowest BCUT2D eigenvalue weighted by Crippen LogP contribution is -2.56. The lowest BCUT2D eigenvalue weighted by atomic mass is 9.74. The first kappa shape index (κ1) is 17.3. The molecule has 3 aliphatic heterocycles. The average Bonchev–Trinajstić information content (AvgIpc) is 2.73. The average molecular weight is 348 g/mol. The maximum atomic E-state index is 12.5. The van der Waals surface area contributed by atoms with E-state index < -0.39 is 0 Å². The number of nitrogens with zero attached hydrogens (tertiary/aromatic N) is 1. The lowest BCUT2D eigenvalue weighted by molar-refractivity contribution is 0.000726. The summed E-state index contributed by atoms with van der Waals surface area (Å²) < 4.78 is 0. The van der Waals surface area contributed by atoms with Gasteiger partial charge in [0.1, 0.15) is 0 Å². The van der Waals surface area contributed by atoms with Gasteiger partial charge in [0, 0.05) is 24.7 Å². The predicted octanol–water partition coefficient (Wildman–Crippen LogP) is 4.20.